The first kappa shape index (κ1) is 20.7. The van der Waals surface area contributed by atoms with Gasteiger partial charge in [0.15, 0.2) is 0 Å². The molecule has 3 saturated carbocycles. The molecular formula is C22H28N6O4. The van der Waals surface area contributed by atoms with Crippen molar-refractivity contribution in [2.75, 3.05) is 12.4 Å². The second-order valence-corrected chi connectivity index (χ2v) is 8.91. The first-order valence-corrected chi connectivity index (χ1v) is 11.2. The van der Waals surface area contributed by atoms with Gasteiger partial charge >= 0.3 is 6.09 Å². The van der Waals surface area contributed by atoms with Gasteiger partial charge in [0.1, 0.15) is 17.8 Å². The second kappa shape index (κ2) is 8.76. The van der Waals surface area contributed by atoms with Crippen LogP contribution in [-0.4, -0.2) is 51.0 Å². The summed E-state index contributed by atoms with van der Waals surface area (Å²) in [7, 11) is 1.54. The molecular weight excluding hydrogens is 412 g/mol. The SMILES string of the molecule is COc1nccnc1Cn1cc(NC(=O)[C@@H](NC(=O)OC2CC2)C(C2CC2)C2CC2)cn1. The maximum atomic E-state index is 13.3. The number of nitrogens with zero attached hydrogens (tertiary/aromatic N) is 4. The Balaban J connectivity index is 1.27. The van der Waals surface area contributed by atoms with Gasteiger partial charge in [0.25, 0.3) is 0 Å². The third-order valence-electron chi connectivity index (χ3n) is 6.21. The quantitative estimate of drug-likeness (QED) is 0.582. The topological polar surface area (TPSA) is 120 Å². The van der Waals surface area contributed by atoms with E-state index in [2.05, 4.69) is 25.7 Å². The number of methoxy groups -OCH3 is 1. The van der Waals surface area contributed by atoms with Crippen molar-refractivity contribution in [1.82, 2.24) is 25.1 Å². The number of hydrogen-bond donors (Lipinski definition) is 2. The minimum atomic E-state index is -0.607. The van der Waals surface area contributed by atoms with Crippen LogP contribution in [0.3, 0.4) is 0 Å². The Morgan fingerprint density at radius 3 is 2.50 bits per heavy atom. The molecule has 0 bridgehead atoms. The maximum absolute atomic E-state index is 13.3. The molecule has 2 heterocycles. The van der Waals surface area contributed by atoms with Crippen LogP contribution in [0.1, 0.15) is 44.2 Å². The molecule has 170 valence electrons. The number of carbonyl (C=O) groups excluding carboxylic acids is 2. The van der Waals surface area contributed by atoms with Crippen LogP contribution in [0.15, 0.2) is 24.8 Å². The average Bonchev–Trinajstić information content (AvgIpc) is 3.64. The van der Waals surface area contributed by atoms with Gasteiger partial charge in [-0.15, -0.1) is 0 Å². The zero-order valence-electron chi connectivity index (χ0n) is 18.1. The van der Waals surface area contributed by atoms with Gasteiger partial charge in [0, 0.05) is 18.6 Å². The second-order valence-electron chi connectivity index (χ2n) is 8.91. The number of carbonyl (C=O) groups is 2. The lowest BCUT2D eigenvalue weighted by molar-refractivity contribution is -0.119. The highest BCUT2D eigenvalue weighted by atomic mass is 16.6. The van der Waals surface area contributed by atoms with E-state index in [0.29, 0.717) is 35.6 Å². The van der Waals surface area contributed by atoms with Gasteiger partial charge in [-0.05, 0) is 56.3 Å². The summed E-state index contributed by atoms with van der Waals surface area (Å²) in [6.45, 7) is 0.356. The number of aromatic nitrogens is 4. The Morgan fingerprint density at radius 2 is 1.84 bits per heavy atom. The summed E-state index contributed by atoms with van der Waals surface area (Å²) in [5.74, 6) is 1.35. The van der Waals surface area contributed by atoms with Crippen molar-refractivity contribution < 1.29 is 19.1 Å². The summed E-state index contributed by atoms with van der Waals surface area (Å²) in [6, 6.07) is -0.607. The van der Waals surface area contributed by atoms with Crippen LogP contribution in [0.2, 0.25) is 0 Å². The van der Waals surface area contributed by atoms with Crippen molar-refractivity contribution in [3.8, 4) is 5.88 Å². The van der Waals surface area contributed by atoms with E-state index >= 15 is 0 Å². The van der Waals surface area contributed by atoms with Gasteiger partial charge in [0.2, 0.25) is 11.8 Å². The van der Waals surface area contributed by atoms with E-state index in [9.17, 15) is 9.59 Å². The summed E-state index contributed by atoms with van der Waals surface area (Å²) >= 11 is 0. The van der Waals surface area contributed by atoms with E-state index in [1.807, 2.05) is 0 Å². The largest absolute Gasteiger partial charge is 0.480 e. The number of ether oxygens (including phenoxy) is 2. The summed E-state index contributed by atoms with van der Waals surface area (Å²) in [4.78, 5) is 34.1. The van der Waals surface area contributed by atoms with E-state index in [1.165, 1.54) is 0 Å². The molecule has 0 radical (unpaired) electrons. The molecule has 10 nitrogen and oxygen atoms in total. The van der Waals surface area contributed by atoms with Crippen molar-refractivity contribution in [2.24, 2.45) is 17.8 Å². The van der Waals surface area contributed by atoms with Crippen molar-refractivity contribution in [1.29, 1.82) is 0 Å². The lowest BCUT2D eigenvalue weighted by atomic mass is 9.89. The van der Waals surface area contributed by atoms with Crippen LogP contribution in [0.25, 0.3) is 0 Å². The van der Waals surface area contributed by atoms with Crippen molar-refractivity contribution in [2.45, 2.75) is 57.2 Å². The highest BCUT2D eigenvalue weighted by Crippen LogP contribution is 2.50. The summed E-state index contributed by atoms with van der Waals surface area (Å²) < 4.78 is 12.3. The van der Waals surface area contributed by atoms with Gasteiger partial charge in [0.05, 0.1) is 25.5 Å². The monoisotopic (exact) mass is 440 g/mol. The number of rotatable bonds is 10. The molecule has 3 aliphatic carbocycles. The van der Waals surface area contributed by atoms with E-state index < -0.39 is 12.1 Å². The fraction of sp³-hybridized carbons (Fsp3) is 0.591. The van der Waals surface area contributed by atoms with E-state index in [1.54, 1.807) is 36.6 Å². The molecule has 5 rings (SSSR count). The van der Waals surface area contributed by atoms with Gasteiger partial charge in [-0.2, -0.15) is 5.10 Å². The summed E-state index contributed by atoms with van der Waals surface area (Å²) in [5, 5.41) is 10.1. The van der Waals surface area contributed by atoms with E-state index in [4.69, 9.17) is 9.47 Å². The number of nitrogens with one attached hydrogen (secondary N) is 2. The molecule has 2 aromatic rings. The molecule has 0 aliphatic heterocycles. The Hall–Kier alpha value is -3.17. The third-order valence-corrected chi connectivity index (χ3v) is 6.21. The van der Waals surface area contributed by atoms with Crippen LogP contribution < -0.4 is 15.4 Å². The summed E-state index contributed by atoms with van der Waals surface area (Å²) in [5.41, 5.74) is 1.20. The molecule has 10 heteroatoms. The number of alkyl carbamates (subject to hydrolysis) is 1. The fourth-order valence-corrected chi connectivity index (χ4v) is 4.25. The Morgan fingerprint density at radius 1 is 1.12 bits per heavy atom. The van der Waals surface area contributed by atoms with Crippen molar-refractivity contribution in [3.05, 3.63) is 30.5 Å². The molecule has 0 aromatic carbocycles. The third kappa shape index (κ3) is 5.00. The Labute approximate surface area is 186 Å². The highest BCUT2D eigenvalue weighted by Gasteiger charge is 2.48. The number of hydrogen-bond acceptors (Lipinski definition) is 7. The van der Waals surface area contributed by atoms with Gasteiger partial charge in [-0.3, -0.25) is 14.5 Å². The van der Waals surface area contributed by atoms with Crippen LogP contribution >= 0.6 is 0 Å². The average molecular weight is 441 g/mol. The molecule has 0 unspecified atom stereocenters. The standard InChI is InChI=1S/C22H28N6O4/c1-31-21-17(23-8-9-24-21)12-28-11-15(10-25-28)26-20(29)19(27-22(30)32-16-6-7-16)18(13-2-3-13)14-4-5-14/h8-11,13-14,16,18-19H,2-7,12H2,1H3,(H,26,29)(H,27,30)/t19-/m0/s1. The molecule has 2 N–H and O–H groups in total. The molecule has 0 spiro atoms. The normalized spacial score (nSPS) is 18.8. The van der Waals surface area contributed by atoms with Crippen LogP contribution in [0, 0.1) is 17.8 Å². The number of amides is 2. The minimum Gasteiger partial charge on any atom is -0.480 e. The van der Waals surface area contributed by atoms with Crippen molar-refractivity contribution >= 4 is 17.7 Å². The van der Waals surface area contributed by atoms with E-state index in [-0.39, 0.29) is 17.9 Å². The van der Waals surface area contributed by atoms with E-state index in [0.717, 1.165) is 38.5 Å². The lowest BCUT2D eigenvalue weighted by Gasteiger charge is -2.27. The Bertz CT molecular complexity index is 970. The molecule has 2 amide bonds. The predicted molar refractivity (Wildman–Crippen MR) is 114 cm³/mol. The molecule has 1 atom stereocenters. The minimum absolute atomic E-state index is 0.00433. The molecule has 3 fully saturated rings. The first-order valence-electron chi connectivity index (χ1n) is 11.2. The van der Waals surface area contributed by atoms with Crippen LogP contribution in [-0.2, 0) is 16.1 Å². The zero-order valence-corrected chi connectivity index (χ0v) is 18.1. The van der Waals surface area contributed by atoms with Gasteiger partial charge < -0.3 is 20.1 Å². The van der Waals surface area contributed by atoms with Crippen molar-refractivity contribution in [3.63, 3.8) is 0 Å². The number of anilines is 1. The zero-order chi connectivity index (χ0) is 22.1. The van der Waals surface area contributed by atoms with Crippen LogP contribution in [0.5, 0.6) is 5.88 Å². The van der Waals surface area contributed by atoms with Gasteiger partial charge in [-0.25, -0.2) is 9.78 Å². The molecule has 0 saturated heterocycles. The first-order chi connectivity index (χ1) is 15.6. The molecule has 2 aromatic heterocycles. The van der Waals surface area contributed by atoms with Gasteiger partial charge in [-0.1, -0.05) is 0 Å². The highest BCUT2D eigenvalue weighted by molar-refractivity contribution is 5.96. The molecule has 3 aliphatic rings. The lowest BCUT2D eigenvalue weighted by Crippen LogP contribution is -2.50. The fourth-order valence-electron chi connectivity index (χ4n) is 4.25. The van der Waals surface area contributed by atoms with Crippen LogP contribution in [0.4, 0.5) is 10.5 Å². The maximum Gasteiger partial charge on any atom is 0.408 e. The Kier molecular flexibility index (Phi) is 5.67. The predicted octanol–water partition coefficient (Wildman–Crippen LogP) is 2.36. The smallest absolute Gasteiger partial charge is 0.408 e. The summed E-state index contributed by atoms with van der Waals surface area (Å²) in [6.07, 6.45) is 12.2. The molecule has 32 heavy (non-hydrogen) atoms.